The number of nitrogens with zero attached hydrogens (tertiary/aromatic N) is 2. The first kappa shape index (κ1) is 17.5. The summed E-state index contributed by atoms with van der Waals surface area (Å²) in [4.78, 5) is 27.5. The average Bonchev–Trinajstić information content (AvgIpc) is 2.62. The first-order valence-corrected chi connectivity index (χ1v) is 9.16. The third-order valence-electron chi connectivity index (χ3n) is 5.51. The second kappa shape index (κ2) is 5.82. The summed E-state index contributed by atoms with van der Waals surface area (Å²) in [6.07, 6.45) is -0.365. The number of rotatable bonds is 3. The molecule has 1 unspecified atom stereocenters. The van der Waals surface area contributed by atoms with Gasteiger partial charge in [-0.15, -0.1) is 0 Å². The van der Waals surface area contributed by atoms with E-state index in [2.05, 4.69) is 6.58 Å². The molecule has 1 atom stereocenters. The third-order valence-corrected chi connectivity index (χ3v) is 5.51. The highest BCUT2D eigenvalue weighted by Crippen LogP contribution is 2.42. The van der Waals surface area contributed by atoms with Crippen LogP contribution in [-0.4, -0.2) is 32.1 Å². The molecule has 27 heavy (non-hydrogen) atoms. The largest absolute Gasteiger partial charge is 0.494 e. The molecule has 4 rings (SSSR count). The Balaban J connectivity index is 2.30. The van der Waals surface area contributed by atoms with Crippen LogP contribution in [0.1, 0.15) is 48.0 Å². The molecule has 1 aromatic heterocycles. The van der Waals surface area contributed by atoms with Gasteiger partial charge in [-0.05, 0) is 43.2 Å². The van der Waals surface area contributed by atoms with Crippen molar-refractivity contribution in [3.63, 3.8) is 0 Å². The van der Waals surface area contributed by atoms with Crippen LogP contribution in [0.15, 0.2) is 16.9 Å². The number of amides is 1. The Bertz CT molecular complexity index is 1230. The number of aryl methyl sites for hydroxylation is 1. The molecule has 0 bridgehead atoms. The Morgan fingerprint density at radius 1 is 1.15 bits per heavy atom. The normalized spacial score (nSPS) is 16.7. The number of aliphatic hydroxyl groups is 1. The summed E-state index contributed by atoms with van der Waals surface area (Å²) >= 11 is 0. The Kier molecular flexibility index (Phi) is 3.78. The molecule has 0 aliphatic carbocycles. The topological polar surface area (TPSA) is 82.8 Å². The van der Waals surface area contributed by atoms with Crippen molar-refractivity contribution in [2.75, 3.05) is 6.54 Å². The summed E-state index contributed by atoms with van der Waals surface area (Å²) in [7, 11) is 0. The second-order valence-corrected chi connectivity index (χ2v) is 7.11. The molecular weight excluding hydrogens is 344 g/mol. The summed E-state index contributed by atoms with van der Waals surface area (Å²) in [5.74, 6) is -0.408. The molecule has 0 spiro atoms. The number of hydrogen-bond donors (Lipinski definition) is 2. The molecule has 0 radical (unpaired) electrons. The number of aliphatic hydroxyl groups excluding tert-OH is 1. The number of carbonyl (C=O) groups is 1. The first-order valence-electron chi connectivity index (χ1n) is 9.16. The summed E-state index contributed by atoms with van der Waals surface area (Å²) in [5, 5.41) is 24.0. The highest BCUT2D eigenvalue weighted by Gasteiger charge is 2.35. The van der Waals surface area contributed by atoms with E-state index >= 15 is 0 Å². The summed E-state index contributed by atoms with van der Waals surface area (Å²) in [5.41, 5.74) is 1.46. The maximum absolute atomic E-state index is 13.1. The van der Waals surface area contributed by atoms with Gasteiger partial charge in [-0.3, -0.25) is 14.2 Å². The van der Waals surface area contributed by atoms with Crippen LogP contribution in [0, 0.1) is 6.92 Å². The molecule has 1 aliphatic heterocycles. The molecule has 0 saturated carbocycles. The molecule has 6 nitrogen and oxygen atoms in total. The Morgan fingerprint density at radius 2 is 1.85 bits per heavy atom. The van der Waals surface area contributed by atoms with E-state index in [1.165, 1.54) is 9.47 Å². The van der Waals surface area contributed by atoms with Gasteiger partial charge in [-0.2, -0.15) is 0 Å². The highest BCUT2D eigenvalue weighted by molar-refractivity contribution is 6.21. The molecular formula is C21H22N2O4. The van der Waals surface area contributed by atoms with Crippen LogP contribution in [0.25, 0.3) is 28.1 Å². The fraction of sp³-hybridized carbons (Fsp3) is 0.333. The van der Waals surface area contributed by atoms with Gasteiger partial charge in [-0.1, -0.05) is 13.5 Å². The quantitative estimate of drug-likeness (QED) is 0.744. The van der Waals surface area contributed by atoms with Crippen molar-refractivity contribution in [2.24, 2.45) is 0 Å². The zero-order valence-corrected chi connectivity index (χ0v) is 15.7. The summed E-state index contributed by atoms with van der Waals surface area (Å²) in [6.45, 7) is 10.3. The van der Waals surface area contributed by atoms with Crippen molar-refractivity contribution < 1.29 is 15.0 Å². The molecule has 2 heterocycles. The Morgan fingerprint density at radius 3 is 2.48 bits per heavy atom. The lowest BCUT2D eigenvalue weighted by molar-refractivity contribution is 0.00469. The molecule has 1 amide bonds. The molecule has 1 aliphatic rings. The Hall–Kier alpha value is -2.86. The molecule has 0 saturated heterocycles. The number of pyridine rings is 1. The van der Waals surface area contributed by atoms with Gasteiger partial charge in [-0.25, -0.2) is 0 Å². The van der Waals surface area contributed by atoms with E-state index in [4.69, 9.17) is 0 Å². The number of aromatic nitrogens is 1. The summed E-state index contributed by atoms with van der Waals surface area (Å²) < 4.78 is 1.30. The highest BCUT2D eigenvalue weighted by atomic mass is 16.3. The van der Waals surface area contributed by atoms with Gasteiger partial charge >= 0.3 is 0 Å². The van der Waals surface area contributed by atoms with Gasteiger partial charge in [0.05, 0.1) is 5.39 Å². The maximum atomic E-state index is 13.1. The molecule has 3 aromatic rings. The fourth-order valence-corrected chi connectivity index (χ4v) is 4.33. The van der Waals surface area contributed by atoms with E-state index in [0.717, 1.165) is 5.56 Å². The lowest BCUT2D eigenvalue weighted by Crippen LogP contribution is -2.40. The summed E-state index contributed by atoms with van der Waals surface area (Å²) in [6, 6.07) is 3.41. The van der Waals surface area contributed by atoms with Crippen molar-refractivity contribution in [2.45, 2.75) is 40.0 Å². The predicted molar refractivity (Wildman–Crippen MR) is 105 cm³/mol. The van der Waals surface area contributed by atoms with Crippen LogP contribution in [0.5, 0.6) is 5.88 Å². The van der Waals surface area contributed by atoms with Crippen LogP contribution in [-0.2, 0) is 6.54 Å². The fourth-order valence-electron chi connectivity index (χ4n) is 4.33. The van der Waals surface area contributed by atoms with Crippen molar-refractivity contribution in [3.8, 4) is 5.88 Å². The van der Waals surface area contributed by atoms with Crippen LogP contribution < -0.4 is 10.8 Å². The van der Waals surface area contributed by atoms with Crippen LogP contribution in [0.3, 0.4) is 0 Å². The number of aromatic hydroxyl groups is 1. The van der Waals surface area contributed by atoms with E-state index < -0.39 is 6.23 Å². The zero-order valence-electron chi connectivity index (χ0n) is 15.7. The molecule has 140 valence electrons. The number of benzene rings is 2. The monoisotopic (exact) mass is 366 g/mol. The molecule has 2 aromatic carbocycles. The second-order valence-electron chi connectivity index (χ2n) is 7.11. The SMILES string of the molecule is C=c1cc2c3c(c(C)cc4c(O)n(CC)c(=O)c1c43)C(O)N(CCC)C2=O. The van der Waals surface area contributed by atoms with Gasteiger partial charge in [0.15, 0.2) is 6.23 Å². The molecule has 2 N–H and O–H groups in total. The van der Waals surface area contributed by atoms with Gasteiger partial charge in [0.2, 0.25) is 5.88 Å². The standard InChI is InChI=1S/C21H22N2O4/c1-5-7-23-19(25)13-9-10(3)14-16-12(18(24)22(6-2)20(14)26)8-11(4)15(17(13)16)21(23)27/h8-9,21,24,27H,3,5-7H2,1-2,4H3. The van der Waals surface area contributed by atoms with Gasteiger partial charge < -0.3 is 15.1 Å². The van der Waals surface area contributed by atoms with Crippen molar-refractivity contribution in [1.82, 2.24) is 9.47 Å². The van der Waals surface area contributed by atoms with E-state index in [0.29, 0.717) is 57.4 Å². The molecule has 6 heteroatoms. The van der Waals surface area contributed by atoms with Crippen LogP contribution in [0.4, 0.5) is 0 Å². The lowest BCUT2D eigenvalue weighted by Gasteiger charge is -2.35. The zero-order chi connectivity index (χ0) is 19.6. The van der Waals surface area contributed by atoms with E-state index in [1.54, 1.807) is 19.1 Å². The predicted octanol–water partition coefficient (Wildman–Crippen LogP) is 2.17. The van der Waals surface area contributed by atoms with Gasteiger partial charge in [0.1, 0.15) is 0 Å². The minimum absolute atomic E-state index is 0.126. The molecule has 0 fully saturated rings. The van der Waals surface area contributed by atoms with Crippen molar-refractivity contribution in [3.05, 3.63) is 44.4 Å². The van der Waals surface area contributed by atoms with Gasteiger partial charge in [0, 0.05) is 40.4 Å². The Labute approximate surface area is 155 Å². The van der Waals surface area contributed by atoms with E-state index in [1.807, 2.05) is 13.8 Å². The number of hydrogen-bond acceptors (Lipinski definition) is 4. The average molecular weight is 366 g/mol. The van der Waals surface area contributed by atoms with Crippen LogP contribution >= 0.6 is 0 Å². The first-order chi connectivity index (χ1) is 12.8. The minimum atomic E-state index is -1.08. The van der Waals surface area contributed by atoms with Crippen molar-refractivity contribution >= 4 is 34.0 Å². The maximum Gasteiger partial charge on any atom is 0.261 e. The van der Waals surface area contributed by atoms with E-state index in [-0.39, 0.29) is 17.3 Å². The van der Waals surface area contributed by atoms with Crippen LogP contribution in [0.2, 0.25) is 0 Å². The lowest BCUT2D eigenvalue weighted by atomic mass is 9.86. The number of carbonyl (C=O) groups excluding carboxylic acids is 1. The minimum Gasteiger partial charge on any atom is -0.494 e. The van der Waals surface area contributed by atoms with E-state index in [9.17, 15) is 19.8 Å². The van der Waals surface area contributed by atoms with Crippen molar-refractivity contribution in [1.29, 1.82) is 0 Å². The third kappa shape index (κ3) is 2.10. The van der Waals surface area contributed by atoms with Gasteiger partial charge in [0.25, 0.3) is 11.5 Å². The smallest absolute Gasteiger partial charge is 0.261 e.